The maximum Gasteiger partial charge on any atom is 0.341 e. The number of benzene rings is 5. The molecule has 5 aromatic carbocycles. The maximum atomic E-state index is 13.7. The van der Waals surface area contributed by atoms with Gasteiger partial charge in [0.15, 0.2) is 5.78 Å². The van der Waals surface area contributed by atoms with Crippen LogP contribution in [-0.4, -0.2) is 25.0 Å². The molecule has 4 heteroatoms. The van der Waals surface area contributed by atoms with E-state index in [0.29, 0.717) is 23.5 Å². The van der Waals surface area contributed by atoms with Gasteiger partial charge in [0.2, 0.25) is 0 Å². The van der Waals surface area contributed by atoms with Gasteiger partial charge in [-0.05, 0) is 115 Å². The van der Waals surface area contributed by atoms with Crippen LogP contribution in [0.5, 0.6) is 5.75 Å². The van der Waals surface area contributed by atoms with E-state index in [9.17, 15) is 9.59 Å². The van der Waals surface area contributed by atoms with Crippen molar-refractivity contribution in [2.24, 2.45) is 0 Å². The van der Waals surface area contributed by atoms with Crippen LogP contribution in [0.1, 0.15) is 106 Å². The normalized spacial score (nSPS) is 14.7. The van der Waals surface area contributed by atoms with E-state index < -0.39 is 11.4 Å². The fourth-order valence-electron chi connectivity index (χ4n) is 7.35. The van der Waals surface area contributed by atoms with Gasteiger partial charge in [0.05, 0.1) is 18.6 Å². The molecule has 1 atom stereocenters. The molecule has 0 fully saturated rings. The van der Waals surface area contributed by atoms with E-state index in [1.54, 1.807) is 6.92 Å². The van der Waals surface area contributed by atoms with Crippen molar-refractivity contribution < 1.29 is 19.1 Å². The summed E-state index contributed by atoms with van der Waals surface area (Å²) in [7, 11) is 0. The van der Waals surface area contributed by atoms with Crippen LogP contribution < -0.4 is 4.74 Å². The molecule has 0 spiro atoms. The van der Waals surface area contributed by atoms with Gasteiger partial charge < -0.3 is 9.47 Å². The molecular weight excluding hydrogens is 604 g/mol. The molecule has 0 radical (unpaired) electrons. The van der Waals surface area contributed by atoms with Crippen molar-refractivity contribution in [3.63, 3.8) is 0 Å². The summed E-state index contributed by atoms with van der Waals surface area (Å²) in [4.78, 5) is 26.7. The average molecular weight is 651 g/mol. The summed E-state index contributed by atoms with van der Waals surface area (Å²) in [6.07, 6.45) is 4.29. The second kappa shape index (κ2) is 14.3. The Morgan fingerprint density at radius 2 is 1.27 bits per heavy atom. The number of fused-ring (bicyclic) bond motifs is 3. The number of ketones is 1. The summed E-state index contributed by atoms with van der Waals surface area (Å²) < 4.78 is 11.9. The van der Waals surface area contributed by atoms with Crippen LogP contribution in [-0.2, 0) is 10.2 Å². The molecule has 49 heavy (non-hydrogen) atoms. The molecule has 0 amide bonds. The first-order chi connectivity index (χ1) is 23.7. The lowest BCUT2D eigenvalue weighted by Crippen LogP contribution is -2.30. The Balaban J connectivity index is 1.66. The van der Waals surface area contributed by atoms with E-state index >= 15 is 0 Å². The lowest BCUT2D eigenvalue weighted by atomic mass is 9.66. The summed E-state index contributed by atoms with van der Waals surface area (Å²) in [6.45, 7) is 12.6. The third-order valence-corrected chi connectivity index (χ3v) is 9.89. The number of hydrogen-bond donors (Lipinski definition) is 0. The monoisotopic (exact) mass is 650 g/mol. The number of ether oxygens (including phenoxy) is 2. The summed E-state index contributed by atoms with van der Waals surface area (Å²) in [6, 6.07) is 34.2. The zero-order chi connectivity index (χ0) is 34.7. The van der Waals surface area contributed by atoms with Crippen LogP contribution >= 0.6 is 0 Å². The zero-order valence-corrected chi connectivity index (χ0v) is 29.6. The third kappa shape index (κ3) is 6.33. The van der Waals surface area contributed by atoms with Gasteiger partial charge in [-0.3, -0.25) is 4.79 Å². The fraction of sp³-hybridized carbons (Fsp3) is 0.289. The second-order valence-corrected chi connectivity index (χ2v) is 13.4. The van der Waals surface area contributed by atoms with Crippen molar-refractivity contribution in [2.45, 2.75) is 72.6 Å². The zero-order valence-electron chi connectivity index (χ0n) is 29.6. The predicted octanol–water partition coefficient (Wildman–Crippen LogP) is 11.0. The molecule has 1 aliphatic carbocycles. The van der Waals surface area contributed by atoms with E-state index in [1.165, 1.54) is 5.56 Å². The molecule has 0 heterocycles. The number of esters is 1. The number of unbranched alkanes of at least 4 members (excludes halogenated alkanes) is 3. The minimum Gasteiger partial charge on any atom is -0.493 e. The summed E-state index contributed by atoms with van der Waals surface area (Å²) >= 11 is 0. The molecule has 0 N–H and O–H groups in total. The number of rotatable bonds is 12. The minimum atomic E-state index is -0.837. The molecule has 0 saturated heterocycles. The molecule has 4 nitrogen and oxygen atoms in total. The molecular formula is C45H46O4. The van der Waals surface area contributed by atoms with Crippen molar-refractivity contribution in [1.82, 2.24) is 0 Å². The van der Waals surface area contributed by atoms with E-state index in [1.807, 2.05) is 32.0 Å². The van der Waals surface area contributed by atoms with Crippen molar-refractivity contribution in [1.29, 1.82) is 0 Å². The van der Waals surface area contributed by atoms with Gasteiger partial charge in [0.1, 0.15) is 11.3 Å². The van der Waals surface area contributed by atoms with Gasteiger partial charge >= 0.3 is 5.97 Å². The lowest BCUT2D eigenvalue weighted by molar-refractivity contribution is 0.0521. The SMILES string of the molecule is CCCCCCOc1ccc(C2(c3ccc(C)c(C(C)=O)c3)c3cc(C)ccc3-c3ccc(-c4ccc(C)cc4)cc32)cc1C(=O)OCC. The quantitative estimate of drug-likeness (QED) is 0.0751. The van der Waals surface area contributed by atoms with Crippen LogP contribution in [0.3, 0.4) is 0 Å². The predicted molar refractivity (Wildman–Crippen MR) is 199 cm³/mol. The molecule has 0 bridgehead atoms. The van der Waals surface area contributed by atoms with Crippen molar-refractivity contribution >= 4 is 11.8 Å². The molecule has 250 valence electrons. The highest BCUT2D eigenvalue weighted by atomic mass is 16.5. The third-order valence-electron chi connectivity index (χ3n) is 9.89. The van der Waals surface area contributed by atoms with Crippen molar-refractivity contribution in [3.8, 4) is 28.0 Å². The number of carbonyl (C=O) groups is 2. The summed E-state index contributed by atoms with van der Waals surface area (Å²) in [5.74, 6) is 0.135. The van der Waals surface area contributed by atoms with Crippen molar-refractivity contribution in [2.75, 3.05) is 13.2 Å². The molecule has 6 rings (SSSR count). The molecule has 0 aromatic heterocycles. The smallest absolute Gasteiger partial charge is 0.341 e. The number of Topliss-reactive ketones (excluding diaryl/α,β-unsaturated/α-hetero) is 1. The molecule has 1 unspecified atom stereocenters. The van der Waals surface area contributed by atoms with Gasteiger partial charge in [-0.15, -0.1) is 0 Å². The Bertz CT molecular complexity index is 2020. The Hall–Kier alpha value is -4.96. The fourth-order valence-corrected chi connectivity index (χ4v) is 7.35. The standard InChI is InChI=1S/C45H46O4/c1-7-9-10-11-24-49-43-23-20-36(28-40(43)44(47)48-8-2)45(35-19-15-31(5)39(27-35)32(6)46)41-25-30(4)14-21-37(41)38-22-18-34(26-42(38)45)33-16-12-29(3)13-17-33/h12-23,25-28H,7-11,24H2,1-6H3. The Morgan fingerprint density at radius 1 is 0.633 bits per heavy atom. The Labute approximate surface area is 291 Å². The summed E-state index contributed by atoms with van der Waals surface area (Å²) in [5, 5.41) is 0. The van der Waals surface area contributed by atoms with Gasteiger partial charge in [-0.2, -0.15) is 0 Å². The first kappa shape index (κ1) is 33.9. The Morgan fingerprint density at radius 3 is 1.96 bits per heavy atom. The number of carbonyl (C=O) groups excluding carboxylic acids is 2. The largest absolute Gasteiger partial charge is 0.493 e. The van der Waals surface area contributed by atoms with Gasteiger partial charge in [0, 0.05) is 5.56 Å². The van der Waals surface area contributed by atoms with Gasteiger partial charge in [0.25, 0.3) is 0 Å². The molecule has 1 aliphatic rings. The van der Waals surface area contributed by atoms with Crippen LogP contribution in [0, 0.1) is 20.8 Å². The lowest BCUT2D eigenvalue weighted by Gasteiger charge is -2.35. The average Bonchev–Trinajstić information content (AvgIpc) is 3.38. The van der Waals surface area contributed by atoms with Crippen LogP contribution in [0.2, 0.25) is 0 Å². The summed E-state index contributed by atoms with van der Waals surface area (Å²) in [5.41, 5.74) is 12.1. The van der Waals surface area contributed by atoms with Gasteiger partial charge in [-0.25, -0.2) is 4.79 Å². The highest BCUT2D eigenvalue weighted by Gasteiger charge is 2.47. The van der Waals surface area contributed by atoms with Crippen LogP contribution in [0.15, 0.2) is 97.1 Å². The van der Waals surface area contributed by atoms with E-state index in [0.717, 1.165) is 81.3 Å². The first-order valence-corrected chi connectivity index (χ1v) is 17.6. The van der Waals surface area contributed by atoms with E-state index in [2.05, 4.69) is 99.6 Å². The first-order valence-electron chi connectivity index (χ1n) is 17.6. The highest BCUT2D eigenvalue weighted by Crippen LogP contribution is 2.57. The highest BCUT2D eigenvalue weighted by molar-refractivity contribution is 5.97. The van der Waals surface area contributed by atoms with E-state index in [4.69, 9.17) is 9.47 Å². The number of hydrogen-bond acceptors (Lipinski definition) is 4. The molecule has 0 saturated carbocycles. The maximum absolute atomic E-state index is 13.7. The number of aryl methyl sites for hydroxylation is 3. The van der Waals surface area contributed by atoms with Gasteiger partial charge in [-0.1, -0.05) is 110 Å². The minimum absolute atomic E-state index is 0.0182. The van der Waals surface area contributed by atoms with Crippen molar-refractivity contribution in [3.05, 3.63) is 147 Å². The topological polar surface area (TPSA) is 52.6 Å². The molecule has 0 aliphatic heterocycles. The van der Waals surface area contributed by atoms with Crippen LogP contribution in [0.25, 0.3) is 22.3 Å². The van der Waals surface area contributed by atoms with E-state index in [-0.39, 0.29) is 12.4 Å². The molecule has 5 aromatic rings. The second-order valence-electron chi connectivity index (χ2n) is 13.4. The van der Waals surface area contributed by atoms with Crippen LogP contribution in [0.4, 0.5) is 0 Å². The Kier molecular flexibility index (Phi) is 9.87.